The second-order valence-electron chi connectivity index (χ2n) is 3.42. The van der Waals surface area contributed by atoms with Gasteiger partial charge in [0.2, 0.25) is 5.13 Å². The van der Waals surface area contributed by atoms with Crippen LogP contribution in [0.2, 0.25) is 0 Å². The van der Waals surface area contributed by atoms with E-state index in [2.05, 4.69) is 25.4 Å². The molecule has 0 spiro atoms. The van der Waals surface area contributed by atoms with Crippen LogP contribution >= 0.6 is 11.5 Å². The molecule has 0 unspecified atom stereocenters. The van der Waals surface area contributed by atoms with Crippen molar-refractivity contribution in [2.45, 2.75) is 6.92 Å². The lowest BCUT2D eigenvalue weighted by Crippen LogP contribution is -2.14. The number of rotatable bonds is 3. The molecule has 1 aromatic heterocycles. The van der Waals surface area contributed by atoms with Crippen LogP contribution in [0.15, 0.2) is 18.2 Å². The van der Waals surface area contributed by atoms with E-state index in [4.69, 9.17) is 0 Å². The van der Waals surface area contributed by atoms with Gasteiger partial charge in [-0.2, -0.15) is 0 Å². The summed E-state index contributed by atoms with van der Waals surface area (Å²) in [6.07, 6.45) is 0. The number of aryl methyl sites for hydroxylation is 1. The maximum absolute atomic E-state index is 12.0. The number of hydrogen-bond acceptors (Lipinski definition) is 6. The van der Waals surface area contributed by atoms with Crippen molar-refractivity contribution in [2.24, 2.45) is 0 Å². The fraction of sp³-hybridized carbons (Fsp3) is 0.200. The van der Waals surface area contributed by atoms with Crippen LogP contribution in [0.1, 0.15) is 15.9 Å². The summed E-state index contributed by atoms with van der Waals surface area (Å²) in [7, 11) is 1.78. The third-order valence-electron chi connectivity index (χ3n) is 2.21. The molecule has 17 heavy (non-hydrogen) atoms. The Morgan fingerprint density at radius 2 is 2.24 bits per heavy atom. The van der Waals surface area contributed by atoms with E-state index < -0.39 is 0 Å². The maximum Gasteiger partial charge on any atom is 0.259 e. The first-order valence-corrected chi connectivity index (χ1v) is 5.73. The zero-order valence-corrected chi connectivity index (χ0v) is 10.2. The summed E-state index contributed by atoms with van der Waals surface area (Å²) in [6, 6.07) is 5.56. The van der Waals surface area contributed by atoms with E-state index in [1.807, 2.05) is 19.1 Å². The number of carbonyl (C=O) groups is 1. The Morgan fingerprint density at radius 3 is 2.88 bits per heavy atom. The van der Waals surface area contributed by atoms with Crippen molar-refractivity contribution in [3.63, 3.8) is 0 Å². The van der Waals surface area contributed by atoms with E-state index in [1.54, 1.807) is 13.1 Å². The Hall–Kier alpha value is -2.02. The lowest BCUT2D eigenvalue weighted by atomic mass is 10.1. The molecule has 0 saturated heterocycles. The molecule has 0 saturated carbocycles. The number of anilines is 2. The van der Waals surface area contributed by atoms with Gasteiger partial charge < -0.3 is 5.32 Å². The molecule has 0 radical (unpaired) electrons. The molecule has 0 atom stereocenters. The van der Waals surface area contributed by atoms with Crippen molar-refractivity contribution >= 4 is 28.3 Å². The normalized spacial score (nSPS) is 10.0. The van der Waals surface area contributed by atoms with Gasteiger partial charge in [-0.1, -0.05) is 15.7 Å². The van der Waals surface area contributed by atoms with Crippen molar-refractivity contribution in [1.29, 1.82) is 0 Å². The second-order valence-corrected chi connectivity index (χ2v) is 4.15. The van der Waals surface area contributed by atoms with Gasteiger partial charge >= 0.3 is 0 Å². The topological polar surface area (TPSA) is 79.8 Å². The van der Waals surface area contributed by atoms with E-state index in [9.17, 15) is 4.79 Å². The molecule has 1 aromatic carbocycles. The smallest absolute Gasteiger partial charge is 0.259 e. The Morgan fingerprint density at radius 1 is 1.41 bits per heavy atom. The Kier molecular flexibility index (Phi) is 3.29. The molecule has 2 N–H and O–H groups in total. The van der Waals surface area contributed by atoms with E-state index >= 15 is 0 Å². The van der Waals surface area contributed by atoms with Gasteiger partial charge in [0.05, 0.1) is 5.56 Å². The molecule has 0 aliphatic heterocycles. The van der Waals surface area contributed by atoms with Gasteiger partial charge in [-0.05, 0) is 29.8 Å². The van der Waals surface area contributed by atoms with Gasteiger partial charge in [0.25, 0.3) is 5.91 Å². The van der Waals surface area contributed by atoms with Crippen LogP contribution in [0.5, 0.6) is 0 Å². The fourth-order valence-electron chi connectivity index (χ4n) is 1.41. The van der Waals surface area contributed by atoms with Crippen LogP contribution < -0.4 is 10.6 Å². The number of benzene rings is 1. The summed E-state index contributed by atoms with van der Waals surface area (Å²) < 4.78 is 3.58. The standard InChI is InChI=1S/C10H11N5OS/c1-6-3-4-7(8(5-6)11-2)9(16)12-10-13-14-15-17-10/h3-5,11H,1-2H3,(H,12,13,15,16). The zero-order chi connectivity index (χ0) is 12.3. The zero-order valence-electron chi connectivity index (χ0n) is 9.39. The van der Waals surface area contributed by atoms with Crippen molar-refractivity contribution in [3.8, 4) is 0 Å². The van der Waals surface area contributed by atoms with Crippen LogP contribution in [0.25, 0.3) is 0 Å². The van der Waals surface area contributed by atoms with Crippen LogP contribution in [-0.4, -0.2) is 27.8 Å². The number of hydrogen-bond donors (Lipinski definition) is 2. The summed E-state index contributed by atoms with van der Waals surface area (Å²) >= 11 is 1.04. The largest absolute Gasteiger partial charge is 0.387 e. The summed E-state index contributed by atoms with van der Waals surface area (Å²) in [5.41, 5.74) is 2.43. The van der Waals surface area contributed by atoms with E-state index in [1.165, 1.54) is 0 Å². The first-order chi connectivity index (χ1) is 8.20. The third-order valence-corrected chi connectivity index (χ3v) is 2.72. The van der Waals surface area contributed by atoms with Gasteiger partial charge in [-0.25, -0.2) is 0 Å². The summed E-state index contributed by atoms with van der Waals surface area (Å²) in [6.45, 7) is 1.97. The van der Waals surface area contributed by atoms with E-state index in [-0.39, 0.29) is 5.91 Å². The van der Waals surface area contributed by atoms with Crippen LogP contribution in [0.4, 0.5) is 10.8 Å². The molecule has 0 aliphatic carbocycles. The van der Waals surface area contributed by atoms with Gasteiger partial charge in [0.15, 0.2) is 0 Å². The Balaban J connectivity index is 2.24. The maximum atomic E-state index is 12.0. The minimum atomic E-state index is -0.229. The molecule has 7 heteroatoms. The highest BCUT2D eigenvalue weighted by Crippen LogP contribution is 2.18. The average Bonchev–Trinajstić information content (AvgIpc) is 2.81. The molecule has 1 amide bonds. The number of nitrogens with zero attached hydrogens (tertiary/aromatic N) is 3. The Bertz CT molecular complexity index is 525. The van der Waals surface area contributed by atoms with Crippen molar-refractivity contribution in [2.75, 3.05) is 17.7 Å². The molecule has 1 heterocycles. The average molecular weight is 249 g/mol. The summed E-state index contributed by atoms with van der Waals surface area (Å²) in [5.74, 6) is -0.229. The number of amides is 1. The fourth-order valence-corrected chi connectivity index (χ4v) is 1.77. The highest BCUT2D eigenvalue weighted by atomic mass is 32.1. The first-order valence-electron chi connectivity index (χ1n) is 4.95. The minimum Gasteiger partial charge on any atom is -0.387 e. The van der Waals surface area contributed by atoms with E-state index in [0.717, 1.165) is 22.8 Å². The van der Waals surface area contributed by atoms with Crippen molar-refractivity contribution in [1.82, 2.24) is 14.8 Å². The quantitative estimate of drug-likeness (QED) is 0.862. The first kappa shape index (κ1) is 11.5. The number of aromatic nitrogens is 3. The van der Waals surface area contributed by atoms with Crippen LogP contribution in [0.3, 0.4) is 0 Å². The molecule has 6 nitrogen and oxygen atoms in total. The predicted molar refractivity (Wildman–Crippen MR) is 66.4 cm³/mol. The molecular formula is C10H11N5OS. The molecule has 0 bridgehead atoms. The van der Waals surface area contributed by atoms with Crippen molar-refractivity contribution in [3.05, 3.63) is 29.3 Å². The molecule has 0 fully saturated rings. The van der Waals surface area contributed by atoms with Crippen LogP contribution in [-0.2, 0) is 0 Å². The van der Waals surface area contributed by atoms with E-state index in [0.29, 0.717) is 10.7 Å². The third kappa shape index (κ3) is 2.56. The van der Waals surface area contributed by atoms with Crippen molar-refractivity contribution < 1.29 is 4.79 Å². The summed E-state index contributed by atoms with van der Waals surface area (Å²) in [5, 5.41) is 13.1. The number of nitrogens with one attached hydrogen (secondary N) is 2. The second kappa shape index (κ2) is 4.88. The molecule has 2 rings (SSSR count). The molecular weight excluding hydrogens is 238 g/mol. The highest BCUT2D eigenvalue weighted by molar-refractivity contribution is 7.09. The Labute approximate surface area is 102 Å². The highest BCUT2D eigenvalue weighted by Gasteiger charge is 2.12. The molecule has 88 valence electrons. The minimum absolute atomic E-state index is 0.229. The lowest BCUT2D eigenvalue weighted by molar-refractivity contribution is 0.102. The predicted octanol–water partition coefficient (Wildman–Crippen LogP) is 1.54. The summed E-state index contributed by atoms with van der Waals surface area (Å²) in [4.78, 5) is 12.0. The lowest BCUT2D eigenvalue weighted by Gasteiger charge is -2.08. The van der Waals surface area contributed by atoms with Gasteiger partial charge in [0, 0.05) is 24.3 Å². The molecule has 0 aliphatic rings. The molecule has 2 aromatic rings. The van der Waals surface area contributed by atoms with Gasteiger partial charge in [0.1, 0.15) is 0 Å². The SMILES string of the molecule is CNc1cc(C)ccc1C(=O)Nc1nnns1. The number of carbonyl (C=O) groups excluding carboxylic acids is 1. The van der Waals surface area contributed by atoms with Gasteiger partial charge in [-0.15, -0.1) is 0 Å². The monoisotopic (exact) mass is 249 g/mol. The van der Waals surface area contributed by atoms with Gasteiger partial charge in [-0.3, -0.25) is 10.1 Å². The van der Waals surface area contributed by atoms with Crippen LogP contribution in [0, 0.1) is 6.92 Å².